The predicted molar refractivity (Wildman–Crippen MR) is 81.2 cm³/mol. The van der Waals surface area contributed by atoms with Crippen molar-refractivity contribution in [3.8, 4) is 0 Å². The normalized spacial score (nSPS) is 20.9. The Bertz CT molecular complexity index is 711. The highest BCUT2D eigenvalue weighted by molar-refractivity contribution is 7.89. The van der Waals surface area contributed by atoms with Gasteiger partial charge in [-0.1, -0.05) is 0 Å². The van der Waals surface area contributed by atoms with Crippen molar-refractivity contribution >= 4 is 20.0 Å². The van der Waals surface area contributed by atoms with Crippen LogP contribution in [0.4, 0.5) is 0 Å². The lowest BCUT2D eigenvalue weighted by Gasteiger charge is -2.31. The van der Waals surface area contributed by atoms with E-state index in [0.717, 1.165) is 12.8 Å². The van der Waals surface area contributed by atoms with E-state index >= 15 is 0 Å². The number of primary sulfonamides is 1. The molecule has 2 rings (SSSR count). The molecule has 0 bridgehead atoms. The average molecular weight is 348 g/mol. The lowest BCUT2D eigenvalue weighted by Crippen LogP contribution is -2.43. The molecule has 22 heavy (non-hydrogen) atoms. The molecule has 1 fully saturated rings. The highest BCUT2D eigenvalue weighted by Crippen LogP contribution is 2.23. The van der Waals surface area contributed by atoms with Crippen molar-refractivity contribution in [3.05, 3.63) is 24.3 Å². The molecule has 1 aromatic carbocycles. The molecule has 1 aromatic rings. The van der Waals surface area contributed by atoms with Crippen LogP contribution in [0.15, 0.2) is 34.1 Å². The molecule has 1 unspecified atom stereocenters. The molecule has 0 aliphatic carbocycles. The van der Waals surface area contributed by atoms with E-state index in [1.54, 1.807) is 0 Å². The molecule has 1 aliphatic rings. The molecule has 1 aliphatic heterocycles. The minimum absolute atomic E-state index is 0.0528. The minimum Gasteiger partial charge on any atom is -0.377 e. The van der Waals surface area contributed by atoms with Gasteiger partial charge in [-0.05, 0) is 44.0 Å². The molecule has 1 heterocycles. The number of sulfonamides is 2. The Morgan fingerprint density at radius 2 is 1.77 bits per heavy atom. The van der Waals surface area contributed by atoms with Crippen molar-refractivity contribution in [2.24, 2.45) is 5.14 Å². The van der Waals surface area contributed by atoms with Gasteiger partial charge in [0.15, 0.2) is 0 Å². The van der Waals surface area contributed by atoms with Crippen LogP contribution in [0.3, 0.4) is 0 Å². The van der Waals surface area contributed by atoms with Crippen LogP contribution >= 0.6 is 0 Å². The smallest absolute Gasteiger partial charge is 0.243 e. The number of rotatable bonds is 5. The van der Waals surface area contributed by atoms with E-state index in [-0.39, 0.29) is 15.9 Å². The molecule has 0 amide bonds. The summed E-state index contributed by atoms with van der Waals surface area (Å²) in [6, 6.07) is 4.93. The number of hydrogen-bond donors (Lipinski definition) is 1. The monoisotopic (exact) mass is 348 g/mol. The maximum absolute atomic E-state index is 12.6. The molecule has 2 N–H and O–H groups in total. The average Bonchev–Trinajstić information content (AvgIpc) is 2.47. The highest BCUT2D eigenvalue weighted by Gasteiger charge is 2.30. The second kappa shape index (κ2) is 6.63. The standard InChI is InChI=1S/C13H20N2O5S2/c1-2-20-11-4-3-9-15(10-11)22(18,19)13-7-5-12(6-8-13)21(14,16)17/h5-8,11H,2-4,9-10H2,1H3,(H2,14,16,17). The van der Waals surface area contributed by atoms with E-state index in [9.17, 15) is 16.8 Å². The van der Waals surface area contributed by atoms with E-state index in [2.05, 4.69) is 0 Å². The molecule has 9 heteroatoms. The summed E-state index contributed by atoms with van der Waals surface area (Å²) >= 11 is 0. The summed E-state index contributed by atoms with van der Waals surface area (Å²) in [4.78, 5) is -0.0608. The Labute approximate surface area is 131 Å². The van der Waals surface area contributed by atoms with Gasteiger partial charge in [-0.2, -0.15) is 4.31 Å². The van der Waals surface area contributed by atoms with Gasteiger partial charge in [0.2, 0.25) is 20.0 Å². The molecule has 1 atom stereocenters. The zero-order chi connectivity index (χ0) is 16.4. The Kier molecular flexibility index (Phi) is 5.23. The minimum atomic E-state index is -3.83. The van der Waals surface area contributed by atoms with Crippen LogP contribution in [0.25, 0.3) is 0 Å². The van der Waals surface area contributed by atoms with Gasteiger partial charge >= 0.3 is 0 Å². The first kappa shape index (κ1) is 17.4. The van der Waals surface area contributed by atoms with Gasteiger partial charge < -0.3 is 4.74 Å². The Morgan fingerprint density at radius 1 is 1.18 bits per heavy atom. The molecule has 0 spiro atoms. The molecule has 0 radical (unpaired) electrons. The quantitative estimate of drug-likeness (QED) is 0.835. The third-order valence-corrected chi connectivity index (χ3v) is 6.34. The fourth-order valence-corrected chi connectivity index (χ4v) is 4.47. The summed E-state index contributed by atoms with van der Waals surface area (Å²) in [6.07, 6.45) is 1.47. The van der Waals surface area contributed by atoms with Crippen molar-refractivity contribution < 1.29 is 21.6 Å². The summed E-state index contributed by atoms with van der Waals surface area (Å²) in [7, 11) is -7.49. The first-order valence-electron chi connectivity index (χ1n) is 6.99. The first-order valence-corrected chi connectivity index (χ1v) is 9.98. The summed E-state index contributed by atoms with van der Waals surface area (Å²) in [6.45, 7) is 3.16. The zero-order valence-corrected chi connectivity index (χ0v) is 13.9. The van der Waals surface area contributed by atoms with E-state index in [0.29, 0.717) is 19.7 Å². The summed E-state index contributed by atoms with van der Waals surface area (Å²) in [5, 5.41) is 5.01. The van der Waals surface area contributed by atoms with Crippen molar-refractivity contribution in [2.45, 2.75) is 35.7 Å². The molecule has 0 aromatic heterocycles. The van der Waals surface area contributed by atoms with Gasteiger partial charge in [-0.25, -0.2) is 22.0 Å². The largest absolute Gasteiger partial charge is 0.377 e. The maximum Gasteiger partial charge on any atom is 0.243 e. The van der Waals surface area contributed by atoms with E-state index in [4.69, 9.17) is 9.88 Å². The lowest BCUT2D eigenvalue weighted by molar-refractivity contribution is 0.0265. The molecular weight excluding hydrogens is 328 g/mol. The molecule has 124 valence electrons. The van der Waals surface area contributed by atoms with Crippen molar-refractivity contribution in [3.63, 3.8) is 0 Å². The van der Waals surface area contributed by atoms with Gasteiger partial charge in [0.25, 0.3) is 0 Å². The van der Waals surface area contributed by atoms with Crippen LogP contribution in [-0.2, 0) is 24.8 Å². The van der Waals surface area contributed by atoms with E-state index < -0.39 is 20.0 Å². The Morgan fingerprint density at radius 3 is 2.32 bits per heavy atom. The Hall–Kier alpha value is -1.00. The molecule has 7 nitrogen and oxygen atoms in total. The zero-order valence-electron chi connectivity index (χ0n) is 12.3. The van der Waals surface area contributed by atoms with Crippen LogP contribution in [0, 0.1) is 0 Å². The van der Waals surface area contributed by atoms with Crippen LogP contribution in [0.1, 0.15) is 19.8 Å². The first-order chi connectivity index (χ1) is 10.2. The van der Waals surface area contributed by atoms with Crippen molar-refractivity contribution in [2.75, 3.05) is 19.7 Å². The second-order valence-electron chi connectivity index (χ2n) is 5.10. The number of nitrogens with zero attached hydrogens (tertiary/aromatic N) is 1. The topological polar surface area (TPSA) is 107 Å². The number of hydrogen-bond acceptors (Lipinski definition) is 5. The Balaban J connectivity index is 2.23. The fourth-order valence-electron chi connectivity index (χ4n) is 2.45. The van der Waals surface area contributed by atoms with Gasteiger partial charge in [0.05, 0.1) is 15.9 Å². The van der Waals surface area contributed by atoms with Crippen molar-refractivity contribution in [1.29, 1.82) is 0 Å². The fraction of sp³-hybridized carbons (Fsp3) is 0.538. The molecular formula is C13H20N2O5S2. The van der Waals surface area contributed by atoms with Gasteiger partial charge in [0.1, 0.15) is 0 Å². The number of piperidine rings is 1. The highest BCUT2D eigenvalue weighted by atomic mass is 32.2. The van der Waals surface area contributed by atoms with Gasteiger partial charge in [-0.3, -0.25) is 0 Å². The number of ether oxygens (including phenoxy) is 1. The van der Waals surface area contributed by atoms with Crippen LogP contribution < -0.4 is 5.14 Å². The maximum atomic E-state index is 12.6. The third-order valence-electron chi connectivity index (χ3n) is 3.53. The summed E-state index contributed by atoms with van der Waals surface area (Å²) < 4.78 is 54.5. The second-order valence-corrected chi connectivity index (χ2v) is 8.60. The van der Waals surface area contributed by atoms with Crippen LogP contribution in [0.2, 0.25) is 0 Å². The SMILES string of the molecule is CCOC1CCCN(S(=O)(=O)c2ccc(S(N)(=O)=O)cc2)C1. The van der Waals surface area contributed by atoms with Crippen LogP contribution in [-0.4, -0.2) is 46.9 Å². The molecule has 1 saturated heterocycles. The van der Waals surface area contributed by atoms with E-state index in [1.165, 1.54) is 28.6 Å². The van der Waals surface area contributed by atoms with Gasteiger partial charge in [0, 0.05) is 19.7 Å². The number of benzene rings is 1. The lowest BCUT2D eigenvalue weighted by atomic mass is 10.1. The third kappa shape index (κ3) is 3.85. The van der Waals surface area contributed by atoms with Crippen molar-refractivity contribution in [1.82, 2.24) is 4.31 Å². The van der Waals surface area contributed by atoms with Gasteiger partial charge in [-0.15, -0.1) is 0 Å². The predicted octanol–water partition coefficient (Wildman–Crippen LogP) is 0.524. The number of nitrogens with two attached hydrogens (primary N) is 1. The van der Waals surface area contributed by atoms with E-state index in [1.807, 2.05) is 6.92 Å². The van der Waals surface area contributed by atoms with Crippen LogP contribution in [0.5, 0.6) is 0 Å². The molecule has 0 saturated carbocycles. The summed E-state index contributed by atoms with van der Waals surface area (Å²) in [5.74, 6) is 0. The summed E-state index contributed by atoms with van der Waals surface area (Å²) in [5.41, 5.74) is 0.